The van der Waals surface area contributed by atoms with Crippen LogP contribution in [0.15, 0.2) is 59.0 Å². The minimum atomic E-state index is 0.133. The van der Waals surface area contributed by atoms with Crippen molar-refractivity contribution in [2.24, 2.45) is 11.1 Å². The summed E-state index contributed by atoms with van der Waals surface area (Å²) >= 11 is 1.70. The summed E-state index contributed by atoms with van der Waals surface area (Å²) in [6.45, 7) is 9.97. The Bertz CT molecular complexity index is 1410. The molecule has 0 unspecified atom stereocenters. The van der Waals surface area contributed by atoms with Gasteiger partial charge in [-0.15, -0.1) is 0 Å². The molecule has 0 aliphatic carbocycles. The van der Waals surface area contributed by atoms with Crippen LogP contribution in [0.2, 0.25) is 0 Å². The first-order valence-corrected chi connectivity index (χ1v) is 13.4. The number of aryl methyl sites for hydroxylation is 2. The highest BCUT2D eigenvalue weighted by molar-refractivity contribution is 7.99. The molecule has 9 heteroatoms. The van der Waals surface area contributed by atoms with E-state index in [9.17, 15) is 0 Å². The normalized spacial score (nSPS) is 19.5. The minimum Gasteiger partial charge on any atom is -0.369 e. The number of rotatable bonds is 4. The number of hydrogen-bond acceptors (Lipinski definition) is 8. The van der Waals surface area contributed by atoms with Gasteiger partial charge in [0.2, 0.25) is 5.95 Å². The Morgan fingerprint density at radius 2 is 1.75 bits per heavy atom. The summed E-state index contributed by atoms with van der Waals surface area (Å²) in [6, 6.07) is 6.49. The molecule has 0 amide bonds. The van der Waals surface area contributed by atoms with Crippen LogP contribution in [0.4, 0.5) is 11.6 Å². The fourth-order valence-electron chi connectivity index (χ4n) is 5.63. The average molecular weight is 501 g/mol. The summed E-state index contributed by atoms with van der Waals surface area (Å²) in [7, 11) is 0. The molecule has 2 N–H and O–H groups in total. The lowest BCUT2D eigenvalue weighted by Gasteiger charge is -2.42. The molecule has 6 heterocycles. The SMILES string of the molecule is Cc1cc(N2C[C@@H](N)C3(CCN(c4ncc(Sc5ccnc(C)c5C)c5nccn45)CC3)C2)ccn1. The predicted octanol–water partition coefficient (Wildman–Crippen LogP) is 4.03. The molecule has 2 saturated heterocycles. The maximum atomic E-state index is 6.77. The van der Waals surface area contributed by atoms with Crippen LogP contribution >= 0.6 is 11.8 Å². The molecule has 2 aliphatic heterocycles. The summed E-state index contributed by atoms with van der Waals surface area (Å²) in [4.78, 5) is 25.4. The zero-order valence-corrected chi connectivity index (χ0v) is 21.9. The Morgan fingerprint density at radius 1 is 0.944 bits per heavy atom. The van der Waals surface area contributed by atoms with Crippen molar-refractivity contribution in [1.29, 1.82) is 0 Å². The highest BCUT2D eigenvalue weighted by Gasteiger charge is 2.46. The largest absolute Gasteiger partial charge is 0.369 e. The summed E-state index contributed by atoms with van der Waals surface area (Å²) in [5.41, 5.74) is 12.4. The van der Waals surface area contributed by atoms with Crippen LogP contribution in [0.3, 0.4) is 0 Å². The van der Waals surface area contributed by atoms with Gasteiger partial charge >= 0.3 is 0 Å². The van der Waals surface area contributed by atoms with Gasteiger partial charge in [-0.05, 0) is 57.4 Å². The number of hydrogen-bond donors (Lipinski definition) is 1. The Hall–Kier alpha value is -3.17. The monoisotopic (exact) mass is 500 g/mol. The second-order valence-electron chi connectivity index (χ2n) is 10.2. The molecule has 8 nitrogen and oxygen atoms in total. The number of fused-ring (bicyclic) bond motifs is 1. The van der Waals surface area contributed by atoms with Gasteiger partial charge in [0.15, 0.2) is 5.65 Å². The number of pyridine rings is 2. The Kier molecular flexibility index (Phi) is 5.84. The summed E-state index contributed by atoms with van der Waals surface area (Å²) in [5, 5.41) is 0. The molecule has 186 valence electrons. The van der Waals surface area contributed by atoms with Crippen molar-refractivity contribution in [1.82, 2.24) is 24.3 Å². The lowest BCUT2D eigenvalue weighted by atomic mass is 9.75. The van der Waals surface area contributed by atoms with Crippen LogP contribution < -0.4 is 15.5 Å². The van der Waals surface area contributed by atoms with Gasteiger partial charge in [0.1, 0.15) is 0 Å². The maximum Gasteiger partial charge on any atom is 0.211 e. The van der Waals surface area contributed by atoms with E-state index in [1.165, 1.54) is 16.1 Å². The Labute approximate surface area is 216 Å². The third kappa shape index (κ3) is 4.00. The maximum absolute atomic E-state index is 6.77. The number of piperidine rings is 1. The minimum absolute atomic E-state index is 0.133. The topological polar surface area (TPSA) is 88.5 Å². The summed E-state index contributed by atoms with van der Waals surface area (Å²) in [6.07, 6.45) is 11.7. The van der Waals surface area contributed by atoms with Gasteiger partial charge in [0.05, 0.1) is 4.90 Å². The standard InChI is InChI=1S/C27H32N8S/c1-18-14-21(4-8-29-18)34-16-24(28)27(17-34)6-11-33(12-7-27)26-32-15-23(25-31-10-13-35(25)26)36-22-5-9-30-20(3)19(22)2/h4-5,8-10,13-15,24H,6-7,11-12,16-17,28H2,1-3H3/t24-/m1/s1. The lowest BCUT2D eigenvalue weighted by molar-refractivity contribution is 0.219. The van der Waals surface area contributed by atoms with Gasteiger partial charge in [0, 0.05) is 90.6 Å². The van der Waals surface area contributed by atoms with Crippen molar-refractivity contribution in [2.75, 3.05) is 36.0 Å². The fourth-order valence-corrected chi connectivity index (χ4v) is 6.65. The first kappa shape index (κ1) is 23.2. The van der Waals surface area contributed by atoms with Gasteiger partial charge in [-0.1, -0.05) is 11.8 Å². The smallest absolute Gasteiger partial charge is 0.211 e. The van der Waals surface area contributed by atoms with Crippen molar-refractivity contribution in [3.63, 3.8) is 0 Å². The second kappa shape index (κ2) is 9.05. The molecule has 2 fully saturated rings. The zero-order chi connectivity index (χ0) is 24.9. The molecule has 1 spiro atoms. The second-order valence-corrected chi connectivity index (χ2v) is 11.2. The molecule has 0 bridgehead atoms. The zero-order valence-electron chi connectivity index (χ0n) is 21.1. The van der Waals surface area contributed by atoms with Crippen LogP contribution in [0.25, 0.3) is 5.65 Å². The van der Waals surface area contributed by atoms with E-state index in [0.717, 1.165) is 66.9 Å². The predicted molar refractivity (Wildman–Crippen MR) is 144 cm³/mol. The molecule has 2 aliphatic rings. The van der Waals surface area contributed by atoms with Gasteiger partial charge in [-0.25, -0.2) is 9.97 Å². The van der Waals surface area contributed by atoms with Crippen molar-refractivity contribution in [2.45, 2.75) is 49.4 Å². The van der Waals surface area contributed by atoms with Gasteiger partial charge in [0.25, 0.3) is 0 Å². The van der Waals surface area contributed by atoms with E-state index >= 15 is 0 Å². The van der Waals surface area contributed by atoms with Crippen LogP contribution in [-0.4, -0.2) is 56.6 Å². The molecular formula is C27H32N8S. The van der Waals surface area contributed by atoms with E-state index in [1.54, 1.807) is 11.8 Å². The highest BCUT2D eigenvalue weighted by Crippen LogP contribution is 2.42. The summed E-state index contributed by atoms with van der Waals surface area (Å²) < 4.78 is 2.13. The number of nitrogens with two attached hydrogens (primary N) is 1. The number of aromatic nitrogens is 5. The molecule has 0 saturated carbocycles. The summed E-state index contributed by atoms with van der Waals surface area (Å²) in [5.74, 6) is 0.956. The molecular weight excluding hydrogens is 468 g/mol. The third-order valence-electron chi connectivity index (χ3n) is 8.00. The number of anilines is 2. The first-order valence-electron chi connectivity index (χ1n) is 12.5. The van der Waals surface area contributed by atoms with E-state index in [2.05, 4.69) is 54.3 Å². The Morgan fingerprint density at radius 3 is 2.56 bits per heavy atom. The molecule has 4 aromatic heterocycles. The molecule has 6 rings (SSSR count). The van der Waals surface area contributed by atoms with E-state index in [4.69, 9.17) is 10.7 Å². The van der Waals surface area contributed by atoms with E-state index in [0.29, 0.717) is 0 Å². The first-order chi connectivity index (χ1) is 17.4. The number of nitrogens with zero attached hydrogens (tertiary/aromatic N) is 7. The van der Waals surface area contributed by atoms with Crippen molar-refractivity contribution in [3.05, 3.63) is 66.1 Å². The van der Waals surface area contributed by atoms with Gasteiger partial charge in [-0.3, -0.25) is 14.4 Å². The Balaban J connectivity index is 1.21. The molecule has 4 aromatic rings. The van der Waals surface area contributed by atoms with Crippen molar-refractivity contribution < 1.29 is 0 Å². The lowest BCUT2D eigenvalue weighted by Crippen LogP contribution is -2.49. The third-order valence-corrected chi connectivity index (χ3v) is 9.17. The van der Waals surface area contributed by atoms with E-state index in [1.807, 2.05) is 44.8 Å². The van der Waals surface area contributed by atoms with Gasteiger partial charge in [-0.2, -0.15) is 0 Å². The van der Waals surface area contributed by atoms with Crippen LogP contribution in [0.1, 0.15) is 29.8 Å². The number of imidazole rings is 1. The molecule has 36 heavy (non-hydrogen) atoms. The van der Waals surface area contributed by atoms with E-state index < -0.39 is 0 Å². The molecule has 0 radical (unpaired) electrons. The molecule has 0 aromatic carbocycles. The fraction of sp³-hybridized carbons (Fsp3) is 0.407. The van der Waals surface area contributed by atoms with Crippen molar-refractivity contribution >= 4 is 29.0 Å². The van der Waals surface area contributed by atoms with Crippen LogP contribution in [0, 0.1) is 26.2 Å². The van der Waals surface area contributed by atoms with Crippen molar-refractivity contribution in [3.8, 4) is 0 Å². The highest BCUT2D eigenvalue weighted by atomic mass is 32.2. The average Bonchev–Trinajstić information content (AvgIpc) is 3.49. The van der Waals surface area contributed by atoms with Gasteiger partial charge < -0.3 is 15.5 Å². The quantitative estimate of drug-likeness (QED) is 0.449. The van der Waals surface area contributed by atoms with E-state index in [-0.39, 0.29) is 11.5 Å². The van der Waals surface area contributed by atoms with Crippen LogP contribution in [-0.2, 0) is 0 Å². The van der Waals surface area contributed by atoms with Crippen LogP contribution in [0.5, 0.6) is 0 Å². The molecule has 1 atom stereocenters.